The van der Waals surface area contributed by atoms with E-state index >= 15 is 0 Å². The molecule has 2 aromatic rings. The smallest absolute Gasteiger partial charge is 0.261 e. The van der Waals surface area contributed by atoms with E-state index < -0.39 is 22.2 Å². The van der Waals surface area contributed by atoms with Crippen LogP contribution in [0.1, 0.15) is 56.3 Å². The molecule has 1 fully saturated rings. The predicted molar refractivity (Wildman–Crippen MR) is 146 cm³/mol. The molecule has 0 unspecified atom stereocenters. The number of sulfonamides is 1. The molecule has 214 valence electrons. The van der Waals surface area contributed by atoms with E-state index in [1.807, 2.05) is 6.92 Å². The number of anilines is 1. The summed E-state index contributed by atoms with van der Waals surface area (Å²) in [6, 6.07) is 4.55. The summed E-state index contributed by atoms with van der Waals surface area (Å²) >= 11 is 0. The first kappa shape index (κ1) is 29.0. The third-order valence-corrected chi connectivity index (χ3v) is 9.43. The number of nitrogens with one attached hydrogen (secondary N) is 1. The highest BCUT2D eigenvalue weighted by Gasteiger charge is 2.37. The quantitative estimate of drug-likeness (QED) is 0.506. The Morgan fingerprint density at radius 2 is 2.00 bits per heavy atom. The second-order valence-corrected chi connectivity index (χ2v) is 12.8. The van der Waals surface area contributed by atoms with Gasteiger partial charge >= 0.3 is 0 Å². The topological polar surface area (TPSA) is 134 Å². The van der Waals surface area contributed by atoms with Gasteiger partial charge in [0.2, 0.25) is 5.91 Å². The summed E-state index contributed by atoms with van der Waals surface area (Å²) in [5, 5.41) is 12.8. The van der Waals surface area contributed by atoms with Crippen molar-refractivity contribution in [2.24, 2.45) is 18.9 Å². The van der Waals surface area contributed by atoms with E-state index in [-0.39, 0.29) is 59.7 Å². The van der Waals surface area contributed by atoms with Crippen molar-refractivity contribution in [2.75, 3.05) is 32.1 Å². The Hall–Kier alpha value is -2.96. The molecule has 2 N–H and O–H groups in total. The minimum absolute atomic E-state index is 0.0139. The number of aliphatic hydroxyl groups is 1. The van der Waals surface area contributed by atoms with Crippen LogP contribution < -0.4 is 10.1 Å². The summed E-state index contributed by atoms with van der Waals surface area (Å²) in [5.41, 5.74) is 0.631. The number of aryl methyl sites for hydroxylation is 1. The standard InChI is InChI=1S/C27H39N5O6S/c1-18-13-32(19(2)16-33)27(35)21-11-8-12-22(29-26(34)20-9-6-5-7-10-20)25(21)38-23(18)14-31(4)39(36,37)24-15-30(3)17-28-24/h8,11-12,15,17-20,23,33H,5-7,9-10,13-14,16H2,1-4H3,(H,29,34)/t18-,19-,23+/m1/s1. The van der Waals surface area contributed by atoms with Crippen LogP contribution in [0.5, 0.6) is 5.75 Å². The van der Waals surface area contributed by atoms with Gasteiger partial charge in [0.15, 0.2) is 10.8 Å². The van der Waals surface area contributed by atoms with E-state index in [0.717, 1.165) is 32.1 Å². The molecule has 3 atom stereocenters. The maximum absolute atomic E-state index is 13.7. The molecule has 1 saturated carbocycles. The molecule has 39 heavy (non-hydrogen) atoms. The number of aromatic nitrogens is 2. The van der Waals surface area contributed by atoms with Crippen molar-refractivity contribution in [2.45, 2.75) is 63.1 Å². The third-order valence-electron chi connectivity index (χ3n) is 7.72. The monoisotopic (exact) mass is 561 g/mol. The van der Waals surface area contributed by atoms with Crippen molar-refractivity contribution in [1.29, 1.82) is 0 Å². The van der Waals surface area contributed by atoms with Crippen LogP contribution in [-0.2, 0) is 21.9 Å². The summed E-state index contributed by atoms with van der Waals surface area (Å²) in [6.45, 7) is 3.64. The average Bonchev–Trinajstić information content (AvgIpc) is 3.38. The van der Waals surface area contributed by atoms with Gasteiger partial charge in [0, 0.05) is 38.7 Å². The third kappa shape index (κ3) is 6.28. The molecule has 0 radical (unpaired) electrons. The summed E-state index contributed by atoms with van der Waals surface area (Å²) in [7, 11) is -0.735. The number of benzene rings is 1. The first-order valence-electron chi connectivity index (χ1n) is 13.5. The van der Waals surface area contributed by atoms with Gasteiger partial charge < -0.3 is 24.6 Å². The van der Waals surface area contributed by atoms with Gasteiger partial charge in [-0.3, -0.25) is 9.59 Å². The van der Waals surface area contributed by atoms with Gasteiger partial charge in [-0.1, -0.05) is 32.3 Å². The van der Waals surface area contributed by atoms with Crippen molar-refractivity contribution in [3.8, 4) is 5.75 Å². The van der Waals surface area contributed by atoms with Gasteiger partial charge in [-0.05, 0) is 31.9 Å². The lowest BCUT2D eigenvalue weighted by Crippen LogP contribution is -2.50. The zero-order valence-electron chi connectivity index (χ0n) is 23.0. The molecule has 2 aliphatic rings. The lowest BCUT2D eigenvalue weighted by Gasteiger charge is -2.38. The number of para-hydroxylation sites is 1. The molecule has 1 aromatic carbocycles. The molecule has 11 nitrogen and oxygen atoms in total. The fraction of sp³-hybridized carbons (Fsp3) is 0.593. The minimum Gasteiger partial charge on any atom is -0.486 e. The lowest BCUT2D eigenvalue weighted by atomic mass is 9.88. The number of carbonyl (C=O) groups is 2. The lowest BCUT2D eigenvalue weighted by molar-refractivity contribution is -0.120. The Labute approximate surface area is 230 Å². The Kier molecular flexibility index (Phi) is 8.97. The van der Waals surface area contributed by atoms with Crippen molar-refractivity contribution >= 4 is 27.5 Å². The van der Waals surface area contributed by atoms with E-state index in [1.165, 1.54) is 23.9 Å². The van der Waals surface area contributed by atoms with Crippen molar-refractivity contribution in [3.63, 3.8) is 0 Å². The molecule has 0 bridgehead atoms. The van der Waals surface area contributed by atoms with E-state index in [0.29, 0.717) is 5.69 Å². The summed E-state index contributed by atoms with van der Waals surface area (Å²) in [6.07, 6.45) is 6.96. The molecule has 1 aliphatic heterocycles. The van der Waals surface area contributed by atoms with Crippen molar-refractivity contribution in [3.05, 3.63) is 36.3 Å². The van der Waals surface area contributed by atoms with Crippen LogP contribution in [0.3, 0.4) is 0 Å². The minimum atomic E-state index is -3.90. The van der Waals surface area contributed by atoms with Crippen LogP contribution in [0.2, 0.25) is 0 Å². The Balaban J connectivity index is 1.69. The second-order valence-electron chi connectivity index (χ2n) is 10.8. The maximum Gasteiger partial charge on any atom is 0.261 e. The van der Waals surface area contributed by atoms with Crippen LogP contribution in [-0.4, -0.2) is 83.0 Å². The van der Waals surface area contributed by atoms with Gasteiger partial charge in [0.05, 0.1) is 36.8 Å². The highest BCUT2D eigenvalue weighted by Crippen LogP contribution is 2.36. The van der Waals surface area contributed by atoms with Crippen molar-refractivity contribution < 1.29 is 27.9 Å². The number of fused-ring (bicyclic) bond motifs is 1. The van der Waals surface area contributed by atoms with Crippen LogP contribution in [0.4, 0.5) is 5.69 Å². The molecular weight excluding hydrogens is 522 g/mol. The number of rotatable bonds is 8. The SMILES string of the molecule is C[C@@H]1CN([C@H](C)CO)C(=O)c2cccc(NC(=O)C3CCCCC3)c2O[C@H]1CN(C)S(=O)(=O)c1cn(C)cn1. The molecule has 2 amide bonds. The van der Waals surface area contributed by atoms with Crippen LogP contribution in [0.25, 0.3) is 0 Å². The maximum atomic E-state index is 13.7. The number of hydrogen-bond donors (Lipinski definition) is 2. The first-order chi connectivity index (χ1) is 18.5. The van der Waals surface area contributed by atoms with E-state index in [1.54, 1.807) is 41.6 Å². The largest absolute Gasteiger partial charge is 0.486 e. The highest BCUT2D eigenvalue weighted by atomic mass is 32.2. The van der Waals surface area contributed by atoms with Gasteiger partial charge in [-0.15, -0.1) is 0 Å². The molecule has 1 aliphatic carbocycles. The van der Waals surface area contributed by atoms with Gasteiger partial charge in [0.25, 0.3) is 15.9 Å². The molecule has 4 rings (SSSR count). The molecule has 12 heteroatoms. The molecular formula is C27H39N5O6S. The molecule has 1 aromatic heterocycles. The number of aliphatic hydroxyl groups excluding tert-OH is 1. The van der Waals surface area contributed by atoms with Gasteiger partial charge in [-0.2, -0.15) is 4.31 Å². The molecule has 0 spiro atoms. The fourth-order valence-electron chi connectivity index (χ4n) is 5.19. The number of hydrogen-bond acceptors (Lipinski definition) is 7. The van der Waals surface area contributed by atoms with Crippen LogP contribution >= 0.6 is 0 Å². The van der Waals surface area contributed by atoms with Gasteiger partial charge in [-0.25, -0.2) is 13.4 Å². The average molecular weight is 562 g/mol. The number of likely N-dealkylation sites (N-methyl/N-ethyl adjacent to an activating group) is 1. The highest BCUT2D eigenvalue weighted by molar-refractivity contribution is 7.89. The molecule has 0 saturated heterocycles. The summed E-state index contributed by atoms with van der Waals surface area (Å²) in [4.78, 5) is 32.4. The summed E-state index contributed by atoms with van der Waals surface area (Å²) < 4.78 is 35.7. The Morgan fingerprint density at radius 1 is 1.28 bits per heavy atom. The van der Waals surface area contributed by atoms with Crippen LogP contribution in [0.15, 0.2) is 35.7 Å². The number of nitrogens with zero attached hydrogens (tertiary/aromatic N) is 4. The normalized spacial score (nSPS) is 21.6. The Bertz CT molecular complexity index is 1290. The second kappa shape index (κ2) is 12.1. The zero-order chi connectivity index (χ0) is 28.3. The van der Waals surface area contributed by atoms with E-state index in [2.05, 4.69) is 10.3 Å². The van der Waals surface area contributed by atoms with E-state index in [4.69, 9.17) is 4.74 Å². The number of carbonyl (C=O) groups excluding carboxylic acids is 2. The zero-order valence-corrected chi connectivity index (χ0v) is 23.9. The van der Waals surface area contributed by atoms with Crippen molar-refractivity contribution in [1.82, 2.24) is 18.8 Å². The van der Waals surface area contributed by atoms with Crippen LogP contribution in [0, 0.1) is 11.8 Å². The molecule has 2 heterocycles. The summed E-state index contributed by atoms with van der Waals surface area (Å²) in [5.74, 6) is -0.628. The number of ether oxygens (including phenoxy) is 1. The first-order valence-corrected chi connectivity index (χ1v) is 14.9. The predicted octanol–water partition coefficient (Wildman–Crippen LogP) is 2.48. The van der Waals surface area contributed by atoms with Gasteiger partial charge in [0.1, 0.15) is 6.10 Å². The fourth-order valence-corrected chi connectivity index (χ4v) is 6.33. The number of amides is 2. The van der Waals surface area contributed by atoms with E-state index in [9.17, 15) is 23.1 Å². The Morgan fingerprint density at radius 3 is 2.64 bits per heavy atom. The number of imidazole rings is 1.